The van der Waals surface area contributed by atoms with Crippen LogP contribution in [0, 0.1) is 11.3 Å². The summed E-state index contributed by atoms with van der Waals surface area (Å²) in [7, 11) is 1.81. The molecule has 1 aromatic rings. The van der Waals surface area contributed by atoms with Gasteiger partial charge in [-0.2, -0.15) is 0 Å². The van der Waals surface area contributed by atoms with Crippen molar-refractivity contribution < 1.29 is 9.15 Å². The maximum Gasteiger partial charge on any atom is 0.191 e. The summed E-state index contributed by atoms with van der Waals surface area (Å²) in [4.78, 5) is 4.34. The maximum atomic E-state index is 5.94. The minimum Gasteiger partial charge on any atom is -0.472 e. The van der Waals surface area contributed by atoms with Crippen molar-refractivity contribution in [1.29, 1.82) is 0 Å². The van der Waals surface area contributed by atoms with Gasteiger partial charge in [-0.15, -0.1) is 24.0 Å². The Morgan fingerprint density at radius 3 is 2.95 bits per heavy atom. The van der Waals surface area contributed by atoms with Gasteiger partial charge in [0.1, 0.15) is 0 Å². The van der Waals surface area contributed by atoms with Crippen LogP contribution in [0.5, 0.6) is 0 Å². The highest BCUT2D eigenvalue weighted by molar-refractivity contribution is 14.0. The fourth-order valence-corrected chi connectivity index (χ4v) is 3.74. The molecule has 5 nitrogen and oxygen atoms in total. The average molecular weight is 419 g/mol. The zero-order chi connectivity index (χ0) is 14.9. The lowest BCUT2D eigenvalue weighted by molar-refractivity contribution is -0.188. The topological polar surface area (TPSA) is 58.8 Å². The first kappa shape index (κ1) is 17.6. The van der Waals surface area contributed by atoms with Crippen molar-refractivity contribution in [3.8, 4) is 0 Å². The number of furan rings is 1. The zero-order valence-corrected chi connectivity index (χ0v) is 15.8. The predicted octanol–water partition coefficient (Wildman–Crippen LogP) is 2.77. The molecule has 1 saturated heterocycles. The maximum absolute atomic E-state index is 5.94. The minimum absolute atomic E-state index is 0. The second-order valence-corrected chi connectivity index (χ2v) is 6.60. The van der Waals surface area contributed by atoms with E-state index < -0.39 is 0 Å². The summed E-state index contributed by atoms with van der Waals surface area (Å²) in [6, 6.07) is 2.37. The van der Waals surface area contributed by atoms with Gasteiger partial charge in [-0.3, -0.25) is 4.99 Å². The van der Waals surface area contributed by atoms with E-state index >= 15 is 0 Å². The van der Waals surface area contributed by atoms with E-state index in [2.05, 4.69) is 29.5 Å². The summed E-state index contributed by atoms with van der Waals surface area (Å²) in [5.41, 5.74) is 1.27. The molecule has 22 heavy (non-hydrogen) atoms. The first-order chi connectivity index (χ1) is 10.1. The molecular formula is C16H26IN3O2. The van der Waals surface area contributed by atoms with Gasteiger partial charge in [0.2, 0.25) is 0 Å². The van der Waals surface area contributed by atoms with Crippen LogP contribution in [-0.4, -0.2) is 31.8 Å². The largest absolute Gasteiger partial charge is 0.472 e. The molecule has 0 radical (unpaired) electrons. The van der Waals surface area contributed by atoms with Gasteiger partial charge in [0.15, 0.2) is 5.96 Å². The molecule has 1 saturated carbocycles. The number of rotatable bonds is 3. The molecule has 2 heterocycles. The molecule has 2 fully saturated rings. The molecule has 0 spiro atoms. The SMILES string of the molecule is CN=C(NCc1ccoc1)NC1C2CCCOC2C1(C)C.I. The van der Waals surface area contributed by atoms with E-state index in [1.165, 1.54) is 6.42 Å². The number of nitrogens with zero attached hydrogens (tertiary/aromatic N) is 1. The van der Waals surface area contributed by atoms with Crippen LogP contribution in [-0.2, 0) is 11.3 Å². The van der Waals surface area contributed by atoms with E-state index in [0.29, 0.717) is 24.6 Å². The van der Waals surface area contributed by atoms with E-state index in [4.69, 9.17) is 9.15 Å². The van der Waals surface area contributed by atoms with Crippen LogP contribution in [0.25, 0.3) is 0 Å². The van der Waals surface area contributed by atoms with E-state index in [9.17, 15) is 0 Å². The first-order valence-electron chi connectivity index (χ1n) is 7.73. The van der Waals surface area contributed by atoms with Crippen LogP contribution in [0.1, 0.15) is 32.3 Å². The molecule has 1 aliphatic carbocycles. The van der Waals surface area contributed by atoms with Crippen LogP contribution in [0.4, 0.5) is 0 Å². The van der Waals surface area contributed by atoms with Gasteiger partial charge in [-0.1, -0.05) is 13.8 Å². The van der Waals surface area contributed by atoms with Crippen LogP contribution < -0.4 is 10.6 Å². The Morgan fingerprint density at radius 1 is 1.45 bits per heavy atom. The zero-order valence-electron chi connectivity index (χ0n) is 13.5. The highest BCUT2D eigenvalue weighted by atomic mass is 127. The standard InChI is InChI=1S/C16H25N3O2.HI/c1-16(2)13(12-5-4-7-21-14(12)16)19-15(17-3)18-9-11-6-8-20-10-11;/h6,8,10,12-14H,4-5,7,9H2,1-3H3,(H2,17,18,19);1H. The number of nitrogens with one attached hydrogen (secondary N) is 2. The Morgan fingerprint density at radius 2 is 2.27 bits per heavy atom. The fourth-order valence-electron chi connectivity index (χ4n) is 3.74. The number of fused-ring (bicyclic) bond motifs is 1. The van der Waals surface area contributed by atoms with E-state index in [1.807, 2.05) is 13.1 Å². The van der Waals surface area contributed by atoms with Crippen molar-refractivity contribution in [2.24, 2.45) is 16.3 Å². The normalized spacial score (nSPS) is 29.8. The number of ether oxygens (including phenoxy) is 1. The Bertz CT molecular complexity index is 501. The molecular weight excluding hydrogens is 393 g/mol. The molecule has 1 aromatic heterocycles. The summed E-state index contributed by atoms with van der Waals surface area (Å²) < 4.78 is 11.0. The Hall–Kier alpha value is -0.760. The van der Waals surface area contributed by atoms with Crippen molar-refractivity contribution in [2.75, 3.05) is 13.7 Å². The van der Waals surface area contributed by atoms with Crippen molar-refractivity contribution >= 4 is 29.9 Å². The lowest BCUT2D eigenvalue weighted by atomic mass is 9.55. The molecule has 1 aliphatic heterocycles. The first-order valence-corrected chi connectivity index (χ1v) is 7.73. The van der Waals surface area contributed by atoms with Gasteiger partial charge in [0.25, 0.3) is 0 Å². The number of hydrogen-bond donors (Lipinski definition) is 2. The van der Waals surface area contributed by atoms with E-state index in [1.54, 1.807) is 12.5 Å². The van der Waals surface area contributed by atoms with Gasteiger partial charge in [0.05, 0.1) is 18.6 Å². The summed E-state index contributed by atoms with van der Waals surface area (Å²) in [5, 5.41) is 6.93. The van der Waals surface area contributed by atoms with Crippen molar-refractivity contribution in [3.05, 3.63) is 24.2 Å². The quantitative estimate of drug-likeness (QED) is 0.450. The van der Waals surface area contributed by atoms with E-state index in [-0.39, 0.29) is 29.4 Å². The van der Waals surface area contributed by atoms with Crippen LogP contribution in [0.2, 0.25) is 0 Å². The van der Waals surface area contributed by atoms with Crippen LogP contribution >= 0.6 is 24.0 Å². The summed E-state index contributed by atoms with van der Waals surface area (Å²) in [6.45, 7) is 6.18. The lowest BCUT2D eigenvalue weighted by Gasteiger charge is -2.60. The van der Waals surface area contributed by atoms with Gasteiger partial charge < -0.3 is 19.8 Å². The molecule has 3 rings (SSSR count). The third-order valence-corrected chi connectivity index (χ3v) is 4.89. The Kier molecular flexibility index (Phi) is 5.76. The fraction of sp³-hybridized carbons (Fsp3) is 0.688. The van der Waals surface area contributed by atoms with Gasteiger partial charge >= 0.3 is 0 Å². The lowest BCUT2D eigenvalue weighted by Crippen LogP contribution is -2.70. The molecule has 3 unspecified atom stereocenters. The average Bonchev–Trinajstić information content (AvgIpc) is 3.00. The van der Waals surface area contributed by atoms with E-state index in [0.717, 1.165) is 24.6 Å². The minimum atomic E-state index is 0. The number of guanidine groups is 1. The monoisotopic (exact) mass is 419 g/mol. The van der Waals surface area contributed by atoms with Crippen molar-refractivity contribution in [2.45, 2.75) is 45.4 Å². The molecule has 0 aromatic carbocycles. The van der Waals surface area contributed by atoms with Crippen LogP contribution in [0.3, 0.4) is 0 Å². The van der Waals surface area contributed by atoms with Gasteiger partial charge in [-0.25, -0.2) is 0 Å². The number of halogens is 1. The summed E-state index contributed by atoms with van der Waals surface area (Å²) >= 11 is 0. The number of hydrogen-bond acceptors (Lipinski definition) is 3. The molecule has 2 aliphatic rings. The van der Waals surface area contributed by atoms with Gasteiger partial charge in [0, 0.05) is 43.1 Å². The molecule has 6 heteroatoms. The van der Waals surface area contributed by atoms with Crippen molar-refractivity contribution in [1.82, 2.24) is 10.6 Å². The van der Waals surface area contributed by atoms with Crippen LogP contribution in [0.15, 0.2) is 28.0 Å². The molecule has 3 atom stereocenters. The molecule has 0 bridgehead atoms. The molecule has 0 amide bonds. The summed E-state index contributed by atoms with van der Waals surface area (Å²) in [5.74, 6) is 1.44. The number of aliphatic imine (C=N–C) groups is 1. The highest BCUT2D eigenvalue weighted by Crippen LogP contribution is 2.51. The van der Waals surface area contributed by atoms with Crippen molar-refractivity contribution in [3.63, 3.8) is 0 Å². The third kappa shape index (κ3) is 3.27. The second kappa shape index (κ2) is 7.21. The predicted molar refractivity (Wildman–Crippen MR) is 97.5 cm³/mol. The molecule has 124 valence electrons. The smallest absolute Gasteiger partial charge is 0.191 e. The molecule has 2 N–H and O–H groups in total. The Balaban J connectivity index is 0.00000176. The van der Waals surface area contributed by atoms with Gasteiger partial charge in [-0.05, 0) is 18.9 Å². The third-order valence-electron chi connectivity index (χ3n) is 4.89. The summed E-state index contributed by atoms with van der Waals surface area (Å²) in [6.07, 6.45) is 6.22. The second-order valence-electron chi connectivity index (χ2n) is 6.60. The Labute approximate surface area is 149 Å². The highest BCUT2D eigenvalue weighted by Gasteiger charge is 2.58.